The van der Waals surface area contributed by atoms with E-state index in [1.54, 1.807) is 0 Å². The van der Waals surface area contributed by atoms with Gasteiger partial charge in [0.1, 0.15) is 0 Å². The maximum absolute atomic E-state index is 12.4. The summed E-state index contributed by atoms with van der Waals surface area (Å²) in [5.74, 6) is 1.95. The zero-order valence-electron chi connectivity index (χ0n) is 14.5. The highest BCUT2D eigenvalue weighted by Gasteiger charge is 2.28. The summed E-state index contributed by atoms with van der Waals surface area (Å²) < 4.78 is 0. The third-order valence-electron chi connectivity index (χ3n) is 5.54. The quantitative estimate of drug-likeness (QED) is 0.779. The van der Waals surface area contributed by atoms with Crippen molar-refractivity contribution in [2.24, 2.45) is 17.3 Å². The second-order valence-electron chi connectivity index (χ2n) is 8.33. The van der Waals surface area contributed by atoms with Gasteiger partial charge in [-0.1, -0.05) is 27.7 Å². The fourth-order valence-corrected chi connectivity index (χ4v) is 3.73. The molecule has 0 aromatic rings. The number of hydrogen-bond acceptors (Lipinski definition) is 2. The minimum atomic E-state index is 0.358. The van der Waals surface area contributed by atoms with E-state index in [1.165, 1.54) is 32.1 Å². The first kappa shape index (κ1) is 16.8. The van der Waals surface area contributed by atoms with Gasteiger partial charge in [0.2, 0.25) is 5.91 Å². The van der Waals surface area contributed by atoms with E-state index in [0.29, 0.717) is 17.9 Å². The molecule has 0 bridgehead atoms. The van der Waals surface area contributed by atoms with Gasteiger partial charge in [-0.2, -0.15) is 0 Å². The third kappa shape index (κ3) is 4.98. The van der Waals surface area contributed by atoms with Crippen LogP contribution in [0.1, 0.15) is 59.8 Å². The van der Waals surface area contributed by atoms with Crippen LogP contribution in [0.4, 0.5) is 0 Å². The first-order valence-electron chi connectivity index (χ1n) is 8.86. The van der Waals surface area contributed by atoms with Gasteiger partial charge < -0.3 is 4.90 Å². The predicted molar refractivity (Wildman–Crippen MR) is 88.2 cm³/mol. The summed E-state index contributed by atoms with van der Waals surface area (Å²) in [6.45, 7) is 14.1. The fourth-order valence-electron chi connectivity index (χ4n) is 3.73. The minimum absolute atomic E-state index is 0.358. The van der Waals surface area contributed by atoms with Gasteiger partial charge in [0.15, 0.2) is 0 Å². The normalized spacial score (nSPS) is 26.7. The van der Waals surface area contributed by atoms with Crippen molar-refractivity contribution in [3.8, 4) is 0 Å². The van der Waals surface area contributed by atoms with Gasteiger partial charge in [-0.25, -0.2) is 0 Å². The van der Waals surface area contributed by atoms with E-state index in [-0.39, 0.29) is 0 Å². The maximum atomic E-state index is 12.4. The highest BCUT2D eigenvalue weighted by molar-refractivity contribution is 5.78. The Labute approximate surface area is 131 Å². The van der Waals surface area contributed by atoms with Crippen LogP contribution in [0.25, 0.3) is 0 Å². The van der Waals surface area contributed by atoms with Crippen LogP contribution in [0.15, 0.2) is 0 Å². The zero-order chi connectivity index (χ0) is 15.5. The van der Waals surface area contributed by atoms with Gasteiger partial charge in [-0.3, -0.25) is 9.69 Å². The summed E-state index contributed by atoms with van der Waals surface area (Å²) in [4.78, 5) is 16.9. The van der Waals surface area contributed by atoms with Crippen molar-refractivity contribution in [1.82, 2.24) is 9.80 Å². The van der Waals surface area contributed by atoms with Crippen molar-refractivity contribution in [1.29, 1.82) is 0 Å². The predicted octanol–water partition coefficient (Wildman–Crippen LogP) is 3.39. The number of carbonyl (C=O) groups is 1. The van der Waals surface area contributed by atoms with Gasteiger partial charge in [0.25, 0.3) is 0 Å². The topological polar surface area (TPSA) is 23.6 Å². The molecule has 0 aromatic carbocycles. The maximum Gasteiger partial charge on any atom is 0.236 e. The average Bonchev–Trinajstić information content (AvgIpc) is 2.64. The van der Waals surface area contributed by atoms with E-state index >= 15 is 0 Å². The number of likely N-dealkylation sites (tertiary alicyclic amines) is 2. The largest absolute Gasteiger partial charge is 0.342 e. The second kappa shape index (κ2) is 7.13. The molecule has 0 N–H and O–H groups in total. The molecule has 0 radical (unpaired) electrons. The number of carbonyl (C=O) groups excluding carboxylic acids is 1. The van der Waals surface area contributed by atoms with Crippen LogP contribution in [0.3, 0.4) is 0 Å². The van der Waals surface area contributed by atoms with E-state index < -0.39 is 0 Å². The molecule has 2 aliphatic rings. The molecule has 21 heavy (non-hydrogen) atoms. The molecule has 1 atom stereocenters. The number of nitrogens with zero attached hydrogens (tertiary/aromatic N) is 2. The van der Waals surface area contributed by atoms with Crippen LogP contribution in [-0.4, -0.2) is 48.4 Å². The Morgan fingerprint density at radius 1 is 1.00 bits per heavy atom. The van der Waals surface area contributed by atoms with Crippen LogP contribution in [0.2, 0.25) is 0 Å². The lowest BCUT2D eigenvalue weighted by Gasteiger charge is -2.32. The molecule has 2 aliphatic heterocycles. The summed E-state index contributed by atoms with van der Waals surface area (Å²) in [6, 6.07) is 0. The van der Waals surface area contributed by atoms with E-state index in [4.69, 9.17) is 0 Å². The molecule has 1 unspecified atom stereocenters. The number of amides is 1. The van der Waals surface area contributed by atoms with Crippen molar-refractivity contribution in [3.05, 3.63) is 0 Å². The Kier molecular flexibility index (Phi) is 5.70. The van der Waals surface area contributed by atoms with Crippen LogP contribution in [-0.2, 0) is 4.79 Å². The number of rotatable bonds is 2. The minimum Gasteiger partial charge on any atom is -0.342 e. The molecule has 1 amide bonds. The number of hydrogen-bond donors (Lipinski definition) is 0. The molecule has 2 fully saturated rings. The Morgan fingerprint density at radius 3 is 2.29 bits per heavy atom. The molecule has 3 nitrogen and oxygen atoms in total. The first-order valence-corrected chi connectivity index (χ1v) is 8.86. The molecule has 3 heteroatoms. The lowest BCUT2D eigenvalue weighted by atomic mass is 9.77. The van der Waals surface area contributed by atoms with Gasteiger partial charge in [-0.05, 0) is 62.4 Å². The molecule has 2 saturated heterocycles. The molecular formula is C18H34N2O. The molecule has 0 aliphatic carbocycles. The van der Waals surface area contributed by atoms with Crippen molar-refractivity contribution in [2.45, 2.75) is 59.8 Å². The van der Waals surface area contributed by atoms with E-state index in [1.807, 2.05) is 0 Å². The summed E-state index contributed by atoms with van der Waals surface area (Å²) in [6.07, 6.45) is 6.16. The molecular weight excluding hydrogens is 260 g/mol. The van der Waals surface area contributed by atoms with Crippen LogP contribution in [0, 0.1) is 17.3 Å². The van der Waals surface area contributed by atoms with Crippen LogP contribution in [0.5, 0.6) is 0 Å². The Morgan fingerprint density at radius 2 is 1.67 bits per heavy atom. The summed E-state index contributed by atoms with van der Waals surface area (Å²) in [5.41, 5.74) is 0.406. The lowest BCUT2D eigenvalue weighted by molar-refractivity contribution is -0.133. The van der Waals surface area contributed by atoms with E-state index in [9.17, 15) is 4.79 Å². The highest BCUT2D eigenvalue weighted by atomic mass is 16.2. The Bertz CT molecular complexity index is 340. The van der Waals surface area contributed by atoms with E-state index in [0.717, 1.165) is 38.0 Å². The summed E-state index contributed by atoms with van der Waals surface area (Å²) >= 11 is 0. The van der Waals surface area contributed by atoms with Gasteiger partial charge in [0, 0.05) is 13.1 Å². The van der Waals surface area contributed by atoms with Crippen molar-refractivity contribution in [3.63, 3.8) is 0 Å². The monoisotopic (exact) mass is 294 g/mol. The fraction of sp³-hybridized carbons (Fsp3) is 0.944. The molecule has 2 heterocycles. The first-order chi connectivity index (χ1) is 9.86. The Balaban J connectivity index is 1.79. The molecule has 122 valence electrons. The van der Waals surface area contributed by atoms with Gasteiger partial charge in [-0.15, -0.1) is 0 Å². The van der Waals surface area contributed by atoms with Crippen molar-refractivity contribution >= 4 is 5.91 Å². The standard InChI is InChI=1S/C18H34N2O/c1-15-7-12-20(13-8-15)17(21)14-19-10-5-6-16(9-11-19)18(2,3)4/h15-16H,5-14H2,1-4H3. The number of piperidine rings is 1. The van der Waals surface area contributed by atoms with E-state index in [2.05, 4.69) is 37.5 Å². The zero-order valence-corrected chi connectivity index (χ0v) is 14.5. The van der Waals surface area contributed by atoms with Crippen molar-refractivity contribution < 1.29 is 4.79 Å². The Hall–Kier alpha value is -0.570. The summed E-state index contributed by atoms with van der Waals surface area (Å²) in [5, 5.41) is 0. The van der Waals surface area contributed by atoms with Gasteiger partial charge in [0.05, 0.1) is 6.54 Å². The lowest BCUT2D eigenvalue weighted by Crippen LogP contribution is -2.44. The molecule has 2 rings (SSSR count). The molecule has 0 aromatic heterocycles. The summed E-state index contributed by atoms with van der Waals surface area (Å²) in [7, 11) is 0. The average molecular weight is 294 g/mol. The highest BCUT2D eigenvalue weighted by Crippen LogP contribution is 2.34. The van der Waals surface area contributed by atoms with Crippen molar-refractivity contribution in [2.75, 3.05) is 32.7 Å². The molecule has 0 saturated carbocycles. The van der Waals surface area contributed by atoms with Crippen LogP contribution < -0.4 is 0 Å². The SMILES string of the molecule is CC1CCN(C(=O)CN2CCCC(C(C)(C)C)CC2)CC1. The third-order valence-corrected chi connectivity index (χ3v) is 5.54. The smallest absolute Gasteiger partial charge is 0.236 e. The van der Waals surface area contributed by atoms with Gasteiger partial charge >= 0.3 is 0 Å². The second-order valence-corrected chi connectivity index (χ2v) is 8.33. The molecule has 0 spiro atoms. The van der Waals surface area contributed by atoms with Crippen LogP contribution >= 0.6 is 0 Å².